The van der Waals surface area contributed by atoms with E-state index in [0.29, 0.717) is 18.0 Å². The van der Waals surface area contributed by atoms with Crippen LogP contribution < -0.4 is 0 Å². The Bertz CT molecular complexity index is 501. The van der Waals surface area contributed by atoms with Gasteiger partial charge in [0.15, 0.2) is 0 Å². The fraction of sp³-hybridized carbons (Fsp3) is 0.600. The van der Waals surface area contributed by atoms with Crippen molar-refractivity contribution in [1.82, 2.24) is 9.80 Å². The van der Waals surface area contributed by atoms with Crippen LogP contribution in [0.5, 0.6) is 0 Å². The van der Waals surface area contributed by atoms with Crippen LogP contribution in [0.1, 0.15) is 33.0 Å². The highest BCUT2D eigenvalue weighted by atomic mass is 32.1. The second kappa shape index (κ2) is 7.04. The molecule has 0 aliphatic heterocycles. The molecular weight excluding hydrogens is 288 g/mol. The zero-order chi connectivity index (χ0) is 15.4. The summed E-state index contributed by atoms with van der Waals surface area (Å²) in [6, 6.07) is 1.96. The second-order valence-corrected chi connectivity index (χ2v) is 6.83. The Balaban J connectivity index is 2.12. The van der Waals surface area contributed by atoms with E-state index in [1.165, 1.54) is 39.5 Å². The molecule has 21 heavy (non-hydrogen) atoms. The molecule has 1 heterocycles. The van der Waals surface area contributed by atoms with Crippen LogP contribution in [0.15, 0.2) is 6.07 Å². The van der Waals surface area contributed by atoms with Crippen LogP contribution in [0.2, 0.25) is 0 Å². The van der Waals surface area contributed by atoms with E-state index in [1.54, 1.807) is 0 Å². The number of carboxylic acid groups (broad SMARTS) is 1. The summed E-state index contributed by atoms with van der Waals surface area (Å²) in [5.74, 6) is -1.12. The molecular formula is C15H22N2O3S. The smallest absolute Gasteiger partial charge is 0.323 e. The lowest BCUT2D eigenvalue weighted by Gasteiger charge is -2.22. The predicted molar refractivity (Wildman–Crippen MR) is 83.1 cm³/mol. The molecule has 0 saturated carbocycles. The third-order valence-electron chi connectivity index (χ3n) is 3.64. The standard InChI is InChI=1S/C15H22N2O3S/c1-16(2)7-8-17(10-14(18)19)15(20)13-9-11-5-3-4-6-12(11)21-13/h9H,3-8,10H2,1-2H3,(H,18,19). The molecule has 0 radical (unpaired) electrons. The number of fused-ring (bicyclic) bond motifs is 1. The van der Waals surface area contributed by atoms with Crippen LogP contribution in [0.25, 0.3) is 0 Å². The van der Waals surface area contributed by atoms with Gasteiger partial charge in [0.25, 0.3) is 5.91 Å². The number of amides is 1. The minimum atomic E-state index is -0.969. The number of nitrogens with zero attached hydrogens (tertiary/aromatic N) is 2. The van der Waals surface area contributed by atoms with Gasteiger partial charge in [0, 0.05) is 18.0 Å². The third-order valence-corrected chi connectivity index (χ3v) is 4.86. The molecule has 0 aromatic carbocycles. The molecule has 1 aliphatic carbocycles. The maximum atomic E-state index is 12.6. The van der Waals surface area contributed by atoms with Crippen molar-refractivity contribution in [3.8, 4) is 0 Å². The molecule has 1 N–H and O–H groups in total. The Labute approximate surface area is 129 Å². The van der Waals surface area contributed by atoms with Crippen LogP contribution in [0, 0.1) is 0 Å². The van der Waals surface area contributed by atoms with Gasteiger partial charge in [0.05, 0.1) is 4.88 Å². The largest absolute Gasteiger partial charge is 0.480 e. The molecule has 1 aromatic rings. The minimum Gasteiger partial charge on any atom is -0.480 e. The van der Waals surface area contributed by atoms with Crippen molar-refractivity contribution in [3.63, 3.8) is 0 Å². The number of hydrogen-bond acceptors (Lipinski definition) is 4. The van der Waals surface area contributed by atoms with E-state index < -0.39 is 5.97 Å². The molecule has 0 unspecified atom stereocenters. The number of likely N-dealkylation sites (N-methyl/N-ethyl adjacent to an activating group) is 1. The van der Waals surface area contributed by atoms with Crippen LogP contribution in [0.4, 0.5) is 0 Å². The maximum absolute atomic E-state index is 12.6. The van der Waals surface area contributed by atoms with Crippen molar-refractivity contribution in [3.05, 3.63) is 21.4 Å². The Kier molecular flexibility index (Phi) is 5.36. The normalized spacial score (nSPS) is 14.0. The Morgan fingerprint density at radius 3 is 2.57 bits per heavy atom. The van der Waals surface area contributed by atoms with Crippen molar-refractivity contribution in [2.24, 2.45) is 0 Å². The van der Waals surface area contributed by atoms with Gasteiger partial charge in [-0.3, -0.25) is 9.59 Å². The zero-order valence-corrected chi connectivity index (χ0v) is 13.4. The van der Waals surface area contributed by atoms with Crippen LogP contribution in [0.3, 0.4) is 0 Å². The number of aryl methyl sites for hydroxylation is 2. The molecule has 6 heteroatoms. The molecule has 0 spiro atoms. The Morgan fingerprint density at radius 2 is 1.95 bits per heavy atom. The lowest BCUT2D eigenvalue weighted by molar-refractivity contribution is -0.137. The molecule has 2 rings (SSSR count). The van der Waals surface area contributed by atoms with Gasteiger partial charge < -0.3 is 14.9 Å². The van der Waals surface area contributed by atoms with Gasteiger partial charge in [-0.25, -0.2) is 0 Å². The minimum absolute atomic E-state index is 0.154. The molecule has 1 aliphatic rings. The summed E-state index contributed by atoms with van der Waals surface area (Å²) in [5.41, 5.74) is 1.28. The van der Waals surface area contributed by atoms with E-state index in [2.05, 4.69) is 0 Å². The second-order valence-electron chi connectivity index (χ2n) is 5.69. The zero-order valence-electron chi connectivity index (χ0n) is 12.6. The highest BCUT2D eigenvalue weighted by Crippen LogP contribution is 2.30. The summed E-state index contributed by atoms with van der Waals surface area (Å²) >= 11 is 1.54. The van der Waals surface area contributed by atoms with E-state index in [9.17, 15) is 9.59 Å². The van der Waals surface area contributed by atoms with Crippen molar-refractivity contribution < 1.29 is 14.7 Å². The number of carbonyl (C=O) groups is 2. The number of carboxylic acids is 1. The van der Waals surface area contributed by atoms with E-state index in [4.69, 9.17) is 5.11 Å². The first-order chi connectivity index (χ1) is 9.97. The summed E-state index contributed by atoms with van der Waals surface area (Å²) in [6.45, 7) is 0.847. The van der Waals surface area contributed by atoms with Gasteiger partial charge in [-0.2, -0.15) is 0 Å². The van der Waals surface area contributed by atoms with Gasteiger partial charge in [0.1, 0.15) is 6.54 Å². The van der Waals surface area contributed by atoms with Crippen LogP contribution in [-0.4, -0.2) is 60.5 Å². The van der Waals surface area contributed by atoms with Gasteiger partial charge >= 0.3 is 5.97 Å². The van der Waals surface area contributed by atoms with Crippen molar-refractivity contribution in [2.45, 2.75) is 25.7 Å². The lowest BCUT2D eigenvalue weighted by atomic mass is 9.99. The van der Waals surface area contributed by atoms with Crippen molar-refractivity contribution >= 4 is 23.2 Å². The SMILES string of the molecule is CN(C)CCN(CC(=O)O)C(=O)c1cc2c(s1)CCCC2. The fourth-order valence-corrected chi connectivity index (χ4v) is 3.71. The summed E-state index contributed by atoms with van der Waals surface area (Å²) in [4.78, 5) is 28.9. The quantitative estimate of drug-likeness (QED) is 0.869. The molecule has 1 amide bonds. The highest BCUT2D eigenvalue weighted by Gasteiger charge is 2.23. The topological polar surface area (TPSA) is 60.9 Å². The molecule has 0 bridgehead atoms. The lowest BCUT2D eigenvalue weighted by Crippen LogP contribution is -2.39. The number of carbonyl (C=O) groups excluding carboxylic acids is 1. The summed E-state index contributed by atoms with van der Waals surface area (Å²) in [7, 11) is 3.82. The van der Waals surface area contributed by atoms with E-state index in [-0.39, 0.29) is 12.5 Å². The number of rotatable bonds is 6. The van der Waals surface area contributed by atoms with Crippen molar-refractivity contribution in [1.29, 1.82) is 0 Å². The van der Waals surface area contributed by atoms with E-state index in [1.807, 2.05) is 25.1 Å². The summed E-state index contributed by atoms with van der Waals surface area (Å²) in [5, 5.41) is 9.00. The first-order valence-corrected chi connectivity index (χ1v) is 8.06. The van der Waals surface area contributed by atoms with Gasteiger partial charge in [0.2, 0.25) is 0 Å². The van der Waals surface area contributed by atoms with Crippen LogP contribution >= 0.6 is 11.3 Å². The molecule has 0 fully saturated rings. The monoisotopic (exact) mass is 310 g/mol. The van der Waals surface area contributed by atoms with Gasteiger partial charge in [-0.1, -0.05) is 0 Å². The van der Waals surface area contributed by atoms with E-state index in [0.717, 1.165) is 12.8 Å². The number of hydrogen-bond donors (Lipinski definition) is 1. The van der Waals surface area contributed by atoms with Gasteiger partial charge in [-0.05, 0) is 51.4 Å². The van der Waals surface area contributed by atoms with E-state index >= 15 is 0 Å². The number of thiophene rings is 1. The molecule has 116 valence electrons. The summed E-state index contributed by atoms with van der Waals surface area (Å²) in [6.07, 6.45) is 4.44. The van der Waals surface area contributed by atoms with Gasteiger partial charge in [-0.15, -0.1) is 11.3 Å². The average molecular weight is 310 g/mol. The molecule has 5 nitrogen and oxygen atoms in total. The summed E-state index contributed by atoms with van der Waals surface area (Å²) < 4.78 is 0. The first-order valence-electron chi connectivity index (χ1n) is 7.24. The maximum Gasteiger partial charge on any atom is 0.323 e. The third kappa shape index (κ3) is 4.28. The molecule has 0 saturated heterocycles. The van der Waals surface area contributed by atoms with Crippen molar-refractivity contribution in [2.75, 3.05) is 33.7 Å². The average Bonchev–Trinajstić information content (AvgIpc) is 2.86. The number of aliphatic carboxylic acids is 1. The molecule has 1 aromatic heterocycles. The fourth-order valence-electron chi connectivity index (χ4n) is 2.49. The molecule has 0 atom stereocenters. The predicted octanol–water partition coefficient (Wildman–Crippen LogP) is 1.72. The highest BCUT2D eigenvalue weighted by molar-refractivity contribution is 7.14. The van der Waals surface area contributed by atoms with Crippen LogP contribution in [-0.2, 0) is 17.6 Å². The first kappa shape index (κ1) is 16.0. The Hall–Kier alpha value is -1.40. The Morgan fingerprint density at radius 1 is 1.24 bits per heavy atom.